The second-order valence-corrected chi connectivity index (χ2v) is 22.5. The molecule has 370 valence electrons. The third-order valence-electron chi connectivity index (χ3n) is 18.3. The molecule has 0 radical (unpaired) electrons. The molecule has 0 amide bonds. The van der Waals surface area contributed by atoms with Crippen LogP contribution in [-0.4, -0.2) is 180 Å². The standard InChI is InChI=1S/C47H80O17/c1-22(2)10-9-14-47(8,58)23-11-16-46(7)31(23)24(50)18-29-44(5)15-13-30(43(3,4)28(44)12-17-45(29,46)6)62-41-38(35(55)33(53)26(19-48)60-41)64-42-39(36(56)34(54)27(20-49)61-42)63-40-37(57)32(52)25(51)21-59-40/h10,23-42,48-58H,9,11-21H2,1-8H3/t23-,24?,25?,26?,27?,28+,29+,30?,31-,32?,33?,34?,35?,36?,37?,38?,39?,40-,41-,42-,44+,45-,46-,47?/m1/s1. The molecule has 4 saturated carbocycles. The Balaban J connectivity index is 1.12. The predicted octanol–water partition coefficient (Wildman–Crippen LogP) is 0.612. The number of hydrogen-bond acceptors (Lipinski definition) is 17. The molecular weight excluding hydrogens is 836 g/mol. The highest BCUT2D eigenvalue weighted by Gasteiger charge is 2.71. The van der Waals surface area contributed by atoms with E-state index < -0.39 is 129 Å². The average Bonchev–Trinajstić information content (AvgIpc) is 3.62. The van der Waals surface area contributed by atoms with Crippen LogP contribution in [0, 0.1) is 45.3 Å². The summed E-state index contributed by atoms with van der Waals surface area (Å²) in [5.41, 5.74) is -0.680. The lowest BCUT2D eigenvalue weighted by Gasteiger charge is -2.70. The molecule has 0 aromatic rings. The van der Waals surface area contributed by atoms with E-state index in [1.807, 2.05) is 6.92 Å². The van der Waals surface area contributed by atoms with Crippen molar-refractivity contribution in [3.05, 3.63) is 11.6 Å². The van der Waals surface area contributed by atoms with E-state index in [2.05, 4.69) is 54.5 Å². The normalized spacial score (nSPS) is 52.5. The van der Waals surface area contributed by atoms with Crippen molar-refractivity contribution in [3.63, 3.8) is 0 Å². The van der Waals surface area contributed by atoms with E-state index >= 15 is 0 Å². The maximum atomic E-state index is 12.3. The molecule has 3 aliphatic heterocycles. The summed E-state index contributed by atoms with van der Waals surface area (Å²) < 4.78 is 36.4. The van der Waals surface area contributed by atoms with Gasteiger partial charge < -0.3 is 84.6 Å². The van der Waals surface area contributed by atoms with Gasteiger partial charge in [0.25, 0.3) is 0 Å². The Bertz CT molecular complexity index is 1630. The number of aliphatic hydroxyl groups is 11. The molecular formula is C47H80O17. The van der Waals surface area contributed by atoms with Gasteiger partial charge in [-0.25, -0.2) is 0 Å². The number of fused-ring (bicyclic) bond motifs is 5. The second-order valence-electron chi connectivity index (χ2n) is 22.5. The van der Waals surface area contributed by atoms with Crippen LogP contribution in [0.1, 0.15) is 113 Å². The fraction of sp³-hybridized carbons (Fsp3) is 0.957. The molecule has 0 spiro atoms. The fourth-order valence-corrected chi connectivity index (χ4v) is 14.5. The predicted molar refractivity (Wildman–Crippen MR) is 228 cm³/mol. The lowest BCUT2D eigenvalue weighted by molar-refractivity contribution is -0.395. The zero-order chi connectivity index (χ0) is 47.1. The molecule has 64 heavy (non-hydrogen) atoms. The van der Waals surface area contributed by atoms with Crippen LogP contribution in [0.4, 0.5) is 0 Å². The Morgan fingerprint density at radius 1 is 0.656 bits per heavy atom. The van der Waals surface area contributed by atoms with Gasteiger partial charge in [-0.3, -0.25) is 0 Å². The monoisotopic (exact) mass is 917 g/mol. The van der Waals surface area contributed by atoms with Crippen LogP contribution >= 0.6 is 0 Å². The van der Waals surface area contributed by atoms with E-state index in [0.29, 0.717) is 19.3 Å². The molecule has 7 fully saturated rings. The summed E-state index contributed by atoms with van der Waals surface area (Å²) >= 11 is 0. The highest BCUT2D eigenvalue weighted by molar-refractivity contribution is 5.20. The SMILES string of the molecule is CC(C)=CCCC(C)(O)[C@@H]1CC[C@]2(C)[C@H]1C(O)C[C@H]1[C@@]3(C)CCC(O[C@H]4OC(CO)C(O)C(O)C4O[C@H]4OC(CO)C(O)C(O)C4O[C@H]4OCC(O)C(O)C4O)C(C)(C)[C@@H]3CC[C@]12C. The van der Waals surface area contributed by atoms with Crippen LogP contribution in [-0.2, 0) is 28.4 Å². The minimum Gasteiger partial charge on any atom is -0.394 e. The lowest BCUT2D eigenvalue weighted by Crippen LogP contribution is -2.68. The van der Waals surface area contributed by atoms with Crippen LogP contribution < -0.4 is 0 Å². The molecule has 4 aliphatic carbocycles. The first-order valence-corrected chi connectivity index (χ1v) is 23.8. The van der Waals surface area contributed by atoms with Gasteiger partial charge in [0, 0.05) is 0 Å². The first-order chi connectivity index (χ1) is 29.9. The van der Waals surface area contributed by atoms with Gasteiger partial charge in [0.2, 0.25) is 0 Å². The molecule has 7 aliphatic rings. The summed E-state index contributed by atoms with van der Waals surface area (Å²) in [6, 6.07) is 0. The summed E-state index contributed by atoms with van der Waals surface area (Å²) in [4.78, 5) is 0. The lowest BCUT2D eigenvalue weighted by atomic mass is 9.35. The molecule has 17 heteroatoms. The van der Waals surface area contributed by atoms with Crippen LogP contribution in [0.5, 0.6) is 0 Å². The van der Waals surface area contributed by atoms with Gasteiger partial charge in [0.15, 0.2) is 18.9 Å². The molecule has 3 saturated heterocycles. The molecule has 0 aromatic carbocycles. The summed E-state index contributed by atoms with van der Waals surface area (Å²) in [6.07, 6.45) is -14.4. The Morgan fingerprint density at radius 2 is 1.22 bits per heavy atom. The topological polar surface area (TPSA) is 278 Å². The second kappa shape index (κ2) is 18.8. The first kappa shape index (κ1) is 50.9. The maximum Gasteiger partial charge on any atom is 0.187 e. The number of aliphatic hydroxyl groups excluding tert-OH is 10. The minimum absolute atomic E-state index is 0.0120. The molecule has 11 N–H and O–H groups in total. The van der Waals surface area contributed by atoms with E-state index in [1.165, 1.54) is 5.57 Å². The van der Waals surface area contributed by atoms with E-state index in [1.54, 1.807) is 0 Å². The Hall–Kier alpha value is -0.940. The molecule has 3 heterocycles. The molecule has 0 aromatic heterocycles. The van der Waals surface area contributed by atoms with Gasteiger partial charge in [-0.2, -0.15) is 0 Å². The van der Waals surface area contributed by atoms with Crippen LogP contribution in [0.3, 0.4) is 0 Å². The Morgan fingerprint density at radius 3 is 1.80 bits per heavy atom. The number of rotatable bonds is 12. The summed E-state index contributed by atoms with van der Waals surface area (Å²) in [7, 11) is 0. The minimum atomic E-state index is -1.83. The number of hydrogen-bond donors (Lipinski definition) is 11. The largest absolute Gasteiger partial charge is 0.394 e. The van der Waals surface area contributed by atoms with Crippen molar-refractivity contribution < 1.29 is 84.6 Å². The van der Waals surface area contributed by atoms with Crippen molar-refractivity contribution in [2.24, 2.45) is 45.3 Å². The van der Waals surface area contributed by atoms with Gasteiger partial charge >= 0.3 is 0 Å². The molecule has 7 rings (SSSR count). The van der Waals surface area contributed by atoms with Crippen LogP contribution in [0.2, 0.25) is 0 Å². The molecule has 14 unspecified atom stereocenters. The van der Waals surface area contributed by atoms with Gasteiger partial charge in [-0.15, -0.1) is 0 Å². The molecule has 0 bridgehead atoms. The van der Waals surface area contributed by atoms with Gasteiger partial charge in [0.1, 0.15) is 67.1 Å². The van der Waals surface area contributed by atoms with E-state index in [4.69, 9.17) is 28.4 Å². The van der Waals surface area contributed by atoms with Crippen LogP contribution in [0.15, 0.2) is 11.6 Å². The van der Waals surface area contributed by atoms with E-state index in [0.717, 1.165) is 38.5 Å². The summed E-state index contributed by atoms with van der Waals surface area (Å²) in [5, 5.41) is 120. The van der Waals surface area contributed by atoms with Gasteiger partial charge in [0.05, 0.1) is 37.6 Å². The Kier molecular flexibility index (Phi) is 14.9. The fourth-order valence-electron chi connectivity index (χ4n) is 14.5. The van der Waals surface area contributed by atoms with Gasteiger partial charge in [-0.05, 0) is 124 Å². The highest BCUT2D eigenvalue weighted by atomic mass is 16.8. The first-order valence-electron chi connectivity index (χ1n) is 23.8. The van der Waals surface area contributed by atoms with E-state index in [9.17, 15) is 56.2 Å². The number of allylic oxidation sites excluding steroid dienone is 2. The maximum absolute atomic E-state index is 12.3. The zero-order valence-corrected chi connectivity index (χ0v) is 39.0. The van der Waals surface area contributed by atoms with E-state index in [-0.39, 0.29) is 39.9 Å². The third kappa shape index (κ3) is 8.60. The highest BCUT2D eigenvalue weighted by Crippen LogP contribution is 2.76. The van der Waals surface area contributed by atoms with Crippen molar-refractivity contribution in [1.29, 1.82) is 0 Å². The summed E-state index contributed by atoms with van der Waals surface area (Å²) in [6.45, 7) is 15.7. The van der Waals surface area contributed by atoms with Crippen molar-refractivity contribution in [2.75, 3.05) is 19.8 Å². The van der Waals surface area contributed by atoms with Crippen molar-refractivity contribution in [1.82, 2.24) is 0 Å². The van der Waals surface area contributed by atoms with Crippen LogP contribution in [0.25, 0.3) is 0 Å². The molecule has 24 atom stereocenters. The zero-order valence-electron chi connectivity index (χ0n) is 39.0. The third-order valence-corrected chi connectivity index (χ3v) is 18.3. The van der Waals surface area contributed by atoms with Crippen molar-refractivity contribution in [2.45, 2.75) is 217 Å². The van der Waals surface area contributed by atoms with Crippen molar-refractivity contribution in [3.8, 4) is 0 Å². The van der Waals surface area contributed by atoms with Crippen molar-refractivity contribution >= 4 is 0 Å². The number of ether oxygens (including phenoxy) is 6. The summed E-state index contributed by atoms with van der Waals surface area (Å²) in [5.74, 6) is 0.264. The quantitative estimate of drug-likeness (QED) is 0.0946. The van der Waals surface area contributed by atoms with Gasteiger partial charge in [-0.1, -0.05) is 46.3 Å². The Labute approximate surface area is 377 Å². The molecule has 17 nitrogen and oxygen atoms in total. The smallest absolute Gasteiger partial charge is 0.187 e. The average molecular weight is 917 g/mol.